The zero-order valence-electron chi connectivity index (χ0n) is 25.2. The summed E-state index contributed by atoms with van der Waals surface area (Å²) >= 11 is 0. The number of nitrogens with one attached hydrogen (secondary N) is 2. The molecule has 3 aliphatic rings. The molecule has 1 amide bonds. The molecule has 12 nitrogen and oxygen atoms in total. The first-order valence-corrected chi connectivity index (χ1v) is 14.7. The van der Waals surface area contributed by atoms with Crippen molar-refractivity contribution >= 4 is 11.7 Å². The third kappa shape index (κ3) is 5.82. The largest absolute Gasteiger partial charge is 0.455 e. The minimum atomic E-state index is -4.70. The molecule has 3 aromatic rings. The van der Waals surface area contributed by atoms with E-state index in [9.17, 15) is 27.6 Å². The van der Waals surface area contributed by atoms with Crippen LogP contribution in [-0.4, -0.2) is 54.3 Å². The van der Waals surface area contributed by atoms with Crippen molar-refractivity contribution in [3.05, 3.63) is 76.1 Å². The highest BCUT2D eigenvalue weighted by atomic mass is 19.4. The fourth-order valence-electron chi connectivity index (χ4n) is 5.90. The number of nitrogens with zero attached hydrogens (tertiary/aromatic N) is 7. The van der Waals surface area contributed by atoms with E-state index < -0.39 is 42.5 Å². The van der Waals surface area contributed by atoms with Crippen LogP contribution in [0.2, 0.25) is 0 Å². The number of ether oxygens (including phenoxy) is 2. The van der Waals surface area contributed by atoms with E-state index in [-0.39, 0.29) is 54.4 Å². The molecule has 1 saturated carbocycles. The Morgan fingerprint density at radius 1 is 1.17 bits per heavy atom. The van der Waals surface area contributed by atoms with E-state index in [0.717, 1.165) is 15.7 Å². The van der Waals surface area contributed by atoms with Gasteiger partial charge >= 0.3 is 6.18 Å². The zero-order valence-corrected chi connectivity index (χ0v) is 25.2. The van der Waals surface area contributed by atoms with Gasteiger partial charge in [0.1, 0.15) is 42.7 Å². The predicted octanol–water partition coefficient (Wildman–Crippen LogP) is 4.44. The molecule has 4 heterocycles. The fourth-order valence-corrected chi connectivity index (χ4v) is 5.90. The average molecular weight is 642 g/mol. The van der Waals surface area contributed by atoms with Crippen LogP contribution in [-0.2, 0) is 33.5 Å². The van der Waals surface area contributed by atoms with Gasteiger partial charge in [0.15, 0.2) is 0 Å². The second-order valence-corrected chi connectivity index (χ2v) is 11.7. The number of carbonyl (C=O) groups excluding carboxylic acids is 1. The van der Waals surface area contributed by atoms with Gasteiger partial charge in [0, 0.05) is 13.1 Å². The molecule has 0 saturated heterocycles. The van der Waals surface area contributed by atoms with E-state index in [0.29, 0.717) is 18.4 Å². The third-order valence-corrected chi connectivity index (χ3v) is 8.50. The summed E-state index contributed by atoms with van der Waals surface area (Å²) in [6.45, 7) is 4.28. The van der Waals surface area contributed by atoms with E-state index in [4.69, 9.17) is 9.47 Å². The molecule has 0 radical (unpaired) electrons. The van der Waals surface area contributed by atoms with Crippen LogP contribution in [0.15, 0.2) is 30.7 Å². The van der Waals surface area contributed by atoms with E-state index in [2.05, 4.69) is 36.9 Å². The third-order valence-electron chi connectivity index (χ3n) is 8.50. The highest BCUT2D eigenvalue weighted by molar-refractivity contribution is 5.84. The summed E-state index contributed by atoms with van der Waals surface area (Å²) in [4.78, 5) is 25.1. The summed E-state index contributed by atoms with van der Waals surface area (Å²) in [6, 6.07) is 5.97. The summed E-state index contributed by atoms with van der Waals surface area (Å²) in [5.41, 5.74) is 1.57. The van der Waals surface area contributed by atoms with Crippen molar-refractivity contribution in [2.24, 2.45) is 0 Å². The Labute approximate surface area is 261 Å². The number of nitriles is 1. The molecule has 0 spiro atoms. The lowest BCUT2D eigenvalue weighted by Gasteiger charge is -2.36. The molecule has 0 bridgehead atoms. The van der Waals surface area contributed by atoms with Gasteiger partial charge in [0.2, 0.25) is 11.7 Å². The standard InChI is InChI=1S/C30H31F4N9O3/c1-16-19(13-35)5-4-6-20(16)17(2)36-25-22(27-45-11-12-46-27)23(37-18(3)38-25)24(26(44)39-29(15-31)7-8-29)42-9-10-43-21(14-42)40-41-28(43)30(32,33)34/h4-6,11-12,17,24,27H,7-10,14-15H2,1-3H3,(H,39,44)(H,36,37,38)/t17-,24?/m1/s1. The van der Waals surface area contributed by atoms with Crippen LogP contribution < -0.4 is 10.6 Å². The summed E-state index contributed by atoms with van der Waals surface area (Å²) in [5.74, 6) is -1.11. The Bertz CT molecular complexity index is 1720. The van der Waals surface area contributed by atoms with Gasteiger partial charge < -0.3 is 24.7 Å². The lowest BCUT2D eigenvalue weighted by molar-refractivity contribution is -0.148. The Hall–Kier alpha value is -4.78. The summed E-state index contributed by atoms with van der Waals surface area (Å²) in [5, 5.41) is 22.9. The molecule has 1 unspecified atom stereocenters. The molecule has 242 valence electrons. The first-order chi connectivity index (χ1) is 21.9. The summed E-state index contributed by atoms with van der Waals surface area (Å²) in [7, 11) is 0. The molecule has 1 aromatic carbocycles. The maximum Gasteiger partial charge on any atom is 0.451 e. The average Bonchev–Trinajstić information content (AvgIpc) is 3.36. The van der Waals surface area contributed by atoms with Crippen molar-refractivity contribution in [1.29, 1.82) is 5.26 Å². The number of benzene rings is 1. The highest BCUT2D eigenvalue weighted by Gasteiger charge is 2.48. The van der Waals surface area contributed by atoms with E-state index >= 15 is 0 Å². The fraction of sp³-hybridized carbons (Fsp3) is 0.467. The molecular formula is C30H31F4N9O3. The van der Waals surface area contributed by atoms with Crippen LogP contribution in [0, 0.1) is 25.2 Å². The van der Waals surface area contributed by atoms with Gasteiger partial charge in [-0.25, -0.2) is 14.4 Å². The van der Waals surface area contributed by atoms with Gasteiger partial charge in [-0.15, -0.1) is 10.2 Å². The van der Waals surface area contributed by atoms with Crippen LogP contribution in [0.3, 0.4) is 0 Å². The molecule has 46 heavy (non-hydrogen) atoms. The first kappa shape index (κ1) is 31.2. The van der Waals surface area contributed by atoms with Gasteiger partial charge in [-0.05, 0) is 50.8 Å². The SMILES string of the molecule is Cc1nc(N[C@H](C)c2cccc(C#N)c2C)c(C2OC=CO2)c(C(C(=O)NC2(CF)CC2)N2CCn3c(nnc3C(F)(F)F)C2)n1. The second kappa shape index (κ2) is 11.9. The Balaban J connectivity index is 1.44. The van der Waals surface area contributed by atoms with Crippen LogP contribution in [0.1, 0.15) is 83.6 Å². The monoisotopic (exact) mass is 641 g/mol. The summed E-state index contributed by atoms with van der Waals surface area (Å²) < 4.78 is 67.2. The maximum atomic E-state index is 14.1. The van der Waals surface area contributed by atoms with Crippen LogP contribution in [0.4, 0.5) is 23.4 Å². The number of halogens is 4. The molecule has 2 N–H and O–H groups in total. The van der Waals surface area contributed by atoms with Gasteiger partial charge in [0.05, 0.1) is 41.0 Å². The van der Waals surface area contributed by atoms with Crippen molar-refractivity contribution in [1.82, 2.24) is 34.9 Å². The van der Waals surface area contributed by atoms with Gasteiger partial charge in [0.25, 0.3) is 6.29 Å². The molecule has 2 atom stereocenters. The topological polar surface area (TPSA) is 143 Å². The number of aryl methyl sites for hydroxylation is 1. The number of anilines is 1. The number of alkyl halides is 4. The van der Waals surface area contributed by atoms with Gasteiger partial charge in [-0.1, -0.05) is 12.1 Å². The zero-order chi connectivity index (χ0) is 32.8. The smallest absolute Gasteiger partial charge is 0.451 e. The van der Waals surface area contributed by atoms with Crippen LogP contribution in [0.5, 0.6) is 0 Å². The minimum absolute atomic E-state index is 0.00125. The number of amides is 1. The Kier molecular flexibility index (Phi) is 8.05. The van der Waals surface area contributed by atoms with Crippen LogP contribution in [0.25, 0.3) is 0 Å². The lowest BCUT2D eigenvalue weighted by atomic mass is 9.97. The van der Waals surface area contributed by atoms with Crippen molar-refractivity contribution in [3.8, 4) is 6.07 Å². The number of fused-ring (bicyclic) bond motifs is 1. The highest BCUT2D eigenvalue weighted by Crippen LogP contribution is 2.41. The predicted molar refractivity (Wildman–Crippen MR) is 153 cm³/mol. The molecule has 6 rings (SSSR count). The minimum Gasteiger partial charge on any atom is -0.455 e. The van der Waals surface area contributed by atoms with Crippen molar-refractivity contribution < 1.29 is 31.8 Å². The Morgan fingerprint density at radius 3 is 2.57 bits per heavy atom. The van der Waals surface area contributed by atoms with Crippen molar-refractivity contribution in [2.75, 3.05) is 18.5 Å². The van der Waals surface area contributed by atoms with E-state index in [1.807, 2.05) is 19.9 Å². The van der Waals surface area contributed by atoms with Gasteiger partial charge in [-0.2, -0.15) is 18.4 Å². The van der Waals surface area contributed by atoms with E-state index in [1.165, 1.54) is 12.5 Å². The molecule has 2 aliphatic heterocycles. The number of rotatable bonds is 9. The summed E-state index contributed by atoms with van der Waals surface area (Å²) in [6.07, 6.45) is -2.21. The molecule has 1 fully saturated rings. The van der Waals surface area contributed by atoms with Crippen molar-refractivity contribution in [3.63, 3.8) is 0 Å². The van der Waals surface area contributed by atoms with Crippen molar-refractivity contribution in [2.45, 2.75) is 76.8 Å². The quantitative estimate of drug-likeness (QED) is 0.322. The van der Waals surface area contributed by atoms with Crippen LogP contribution >= 0.6 is 0 Å². The first-order valence-electron chi connectivity index (χ1n) is 14.7. The molecular weight excluding hydrogens is 610 g/mol. The number of hydrogen-bond acceptors (Lipinski definition) is 10. The lowest BCUT2D eigenvalue weighted by Crippen LogP contribution is -2.49. The number of aromatic nitrogens is 5. The molecule has 16 heteroatoms. The molecule has 1 aliphatic carbocycles. The normalized spacial score (nSPS) is 18.6. The number of hydrogen-bond donors (Lipinski definition) is 2. The number of carbonyl (C=O) groups is 1. The molecule has 2 aromatic heterocycles. The second-order valence-electron chi connectivity index (χ2n) is 11.7. The van der Waals surface area contributed by atoms with Gasteiger partial charge in [-0.3, -0.25) is 9.69 Å². The van der Waals surface area contributed by atoms with E-state index in [1.54, 1.807) is 24.0 Å². The maximum absolute atomic E-state index is 14.1. The Morgan fingerprint density at radius 2 is 1.91 bits per heavy atom.